The molecule has 2 unspecified atom stereocenters. The van der Waals surface area contributed by atoms with E-state index in [4.69, 9.17) is 0 Å². The Morgan fingerprint density at radius 3 is 2.86 bits per heavy atom. The molecular weight excluding hydrogens is 168 g/mol. The molecule has 78 valence electrons. The van der Waals surface area contributed by atoms with Gasteiger partial charge in [0.1, 0.15) is 0 Å². The smallest absolute Gasteiger partial charge is 0.0174 e. The van der Waals surface area contributed by atoms with Gasteiger partial charge in [0.25, 0.3) is 0 Å². The molecule has 1 saturated carbocycles. The lowest BCUT2D eigenvalue weighted by molar-refractivity contribution is 0.451. The monoisotopic (exact) mass is 190 g/mol. The van der Waals surface area contributed by atoms with Crippen LogP contribution in [0, 0.1) is 17.8 Å². The van der Waals surface area contributed by atoms with Crippen LogP contribution in [0.25, 0.3) is 0 Å². The summed E-state index contributed by atoms with van der Waals surface area (Å²) in [6, 6.07) is 0. The molecule has 0 nitrogen and oxygen atoms in total. The van der Waals surface area contributed by atoms with Gasteiger partial charge < -0.3 is 0 Å². The first-order valence-corrected chi connectivity index (χ1v) is 6.15. The lowest BCUT2D eigenvalue weighted by Gasteiger charge is -2.20. The zero-order chi connectivity index (χ0) is 9.97. The van der Waals surface area contributed by atoms with Crippen LogP contribution in [0.15, 0.2) is 23.8 Å². The number of hydrogen-bond donors (Lipinski definition) is 0. The van der Waals surface area contributed by atoms with Crippen molar-refractivity contribution in [3.8, 4) is 0 Å². The van der Waals surface area contributed by atoms with Crippen LogP contribution in [0.1, 0.15) is 46.0 Å². The molecule has 0 aromatic carbocycles. The van der Waals surface area contributed by atoms with Crippen LogP contribution < -0.4 is 0 Å². The summed E-state index contributed by atoms with van der Waals surface area (Å²) in [6.45, 7) is 4.74. The molecule has 0 saturated heterocycles. The highest BCUT2D eigenvalue weighted by atomic mass is 14.4. The maximum atomic E-state index is 2.42. The number of allylic oxidation sites excluding steroid dienone is 4. The van der Waals surface area contributed by atoms with Crippen LogP contribution in [-0.4, -0.2) is 0 Å². The SMILES string of the molecule is CC(C)C1CCC2CCC/C=C\C=C/21. The summed E-state index contributed by atoms with van der Waals surface area (Å²) in [5.41, 5.74) is 1.76. The molecule has 0 bridgehead atoms. The number of fused-ring (bicyclic) bond motifs is 1. The van der Waals surface area contributed by atoms with E-state index >= 15 is 0 Å². The van der Waals surface area contributed by atoms with Gasteiger partial charge in [0.2, 0.25) is 0 Å². The quantitative estimate of drug-likeness (QED) is 0.577. The van der Waals surface area contributed by atoms with Crippen molar-refractivity contribution in [1.29, 1.82) is 0 Å². The second kappa shape index (κ2) is 4.33. The standard InChI is InChI=1S/C14H22/c1-11(2)13-10-9-12-7-5-3-4-6-8-14(12)13/h4,6,8,11-13H,3,5,7,9-10H2,1-2H3/b6-4-,14-8+. The van der Waals surface area contributed by atoms with E-state index in [0.717, 1.165) is 17.8 Å². The molecule has 0 N–H and O–H groups in total. The summed E-state index contributed by atoms with van der Waals surface area (Å²) >= 11 is 0. The Morgan fingerprint density at radius 1 is 1.21 bits per heavy atom. The van der Waals surface area contributed by atoms with E-state index in [2.05, 4.69) is 32.1 Å². The fraction of sp³-hybridized carbons (Fsp3) is 0.714. The molecule has 2 aliphatic rings. The molecule has 2 atom stereocenters. The molecule has 0 spiro atoms. The molecule has 14 heavy (non-hydrogen) atoms. The second-order valence-electron chi connectivity index (χ2n) is 5.15. The van der Waals surface area contributed by atoms with Crippen molar-refractivity contribution in [3.63, 3.8) is 0 Å². The lowest BCUT2D eigenvalue weighted by Crippen LogP contribution is -2.09. The Bertz CT molecular complexity index is 245. The molecule has 2 rings (SSSR count). The van der Waals surface area contributed by atoms with Crippen molar-refractivity contribution in [2.45, 2.75) is 46.0 Å². The Hall–Kier alpha value is -0.520. The fourth-order valence-corrected chi connectivity index (χ4v) is 3.06. The maximum absolute atomic E-state index is 2.42. The number of hydrogen-bond acceptors (Lipinski definition) is 0. The van der Waals surface area contributed by atoms with Gasteiger partial charge in [-0.3, -0.25) is 0 Å². The summed E-state index contributed by atoms with van der Waals surface area (Å²) in [5, 5.41) is 0. The Balaban J connectivity index is 2.18. The maximum Gasteiger partial charge on any atom is -0.0174 e. The van der Waals surface area contributed by atoms with E-state index in [0.29, 0.717) is 0 Å². The van der Waals surface area contributed by atoms with E-state index in [-0.39, 0.29) is 0 Å². The van der Waals surface area contributed by atoms with Gasteiger partial charge in [-0.05, 0) is 49.9 Å². The van der Waals surface area contributed by atoms with E-state index in [1.807, 2.05) is 0 Å². The van der Waals surface area contributed by atoms with Crippen molar-refractivity contribution >= 4 is 0 Å². The summed E-state index contributed by atoms with van der Waals surface area (Å²) in [5.74, 6) is 2.63. The average molecular weight is 190 g/mol. The minimum Gasteiger partial charge on any atom is -0.0845 e. The molecule has 0 amide bonds. The fourth-order valence-electron chi connectivity index (χ4n) is 3.06. The second-order valence-corrected chi connectivity index (χ2v) is 5.15. The van der Waals surface area contributed by atoms with E-state index in [1.165, 1.54) is 32.1 Å². The van der Waals surface area contributed by atoms with Gasteiger partial charge in [-0.2, -0.15) is 0 Å². The molecule has 2 aliphatic carbocycles. The van der Waals surface area contributed by atoms with Gasteiger partial charge in [-0.1, -0.05) is 37.6 Å². The third-order valence-corrected chi connectivity index (χ3v) is 3.88. The van der Waals surface area contributed by atoms with Gasteiger partial charge in [-0.25, -0.2) is 0 Å². The average Bonchev–Trinajstić information content (AvgIpc) is 2.47. The molecule has 0 heterocycles. The highest BCUT2D eigenvalue weighted by Crippen LogP contribution is 2.43. The molecule has 1 fully saturated rings. The van der Waals surface area contributed by atoms with Crippen LogP contribution in [-0.2, 0) is 0 Å². The zero-order valence-corrected chi connectivity index (χ0v) is 9.50. The third kappa shape index (κ3) is 1.94. The van der Waals surface area contributed by atoms with Crippen molar-refractivity contribution in [2.24, 2.45) is 17.8 Å². The zero-order valence-electron chi connectivity index (χ0n) is 9.50. The molecule has 0 aliphatic heterocycles. The van der Waals surface area contributed by atoms with Gasteiger partial charge in [0.15, 0.2) is 0 Å². The Kier molecular flexibility index (Phi) is 3.10. The van der Waals surface area contributed by atoms with E-state index in [1.54, 1.807) is 5.57 Å². The molecular formula is C14H22. The van der Waals surface area contributed by atoms with Gasteiger partial charge in [0, 0.05) is 0 Å². The van der Waals surface area contributed by atoms with Crippen LogP contribution >= 0.6 is 0 Å². The normalized spacial score (nSPS) is 38.4. The summed E-state index contributed by atoms with van der Waals surface area (Å²) in [4.78, 5) is 0. The van der Waals surface area contributed by atoms with Crippen molar-refractivity contribution in [3.05, 3.63) is 23.8 Å². The van der Waals surface area contributed by atoms with Crippen LogP contribution in [0.2, 0.25) is 0 Å². The van der Waals surface area contributed by atoms with E-state index in [9.17, 15) is 0 Å². The molecule has 0 aromatic rings. The first-order valence-electron chi connectivity index (χ1n) is 6.15. The minimum atomic E-state index is 0.832. The summed E-state index contributed by atoms with van der Waals surface area (Å²) < 4.78 is 0. The molecule has 0 heteroatoms. The topological polar surface area (TPSA) is 0 Å². The van der Waals surface area contributed by atoms with Gasteiger partial charge in [0.05, 0.1) is 0 Å². The Labute approximate surface area is 88.1 Å². The van der Waals surface area contributed by atoms with E-state index < -0.39 is 0 Å². The highest BCUT2D eigenvalue weighted by molar-refractivity contribution is 5.23. The predicted octanol–water partition coefficient (Wildman–Crippen LogP) is 4.34. The van der Waals surface area contributed by atoms with Crippen LogP contribution in [0.3, 0.4) is 0 Å². The first kappa shape index (κ1) is 10.0. The van der Waals surface area contributed by atoms with Crippen molar-refractivity contribution < 1.29 is 0 Å². The van der Waals surface area contributed by atoms with Crippen molar-refractivity contribution in [1.82, 2.24) is 0 Å². The van der Waals surface area contributed by atoms with Crippen LogP contribution in [0.5, 0.6) is 0 Å². The lowest BCUT2D eigenvalue weighted by atomic mass is 9.85. The largest absolute Gasteiger partial charge is 0.0845 e. The Morgan fingerprint density at radius 2 is 2.07 bits per heavy atom. The van der Waals surface area contributed by atoms with Gasteiger partial charge in [-0.15, -0.1) is 0 Å². The predicted molar refractivity (Wildman–Crippen MR) is 62.1 cm³/mol. The molecule has 0 aromatic heterocycles. The molecule has 0 radical (unpaired) electrons. The minimum absolute atomic E-state index is 0.832. The highest BCUT2D eigenvalue weighted by Gasteiger charge is 2.31. The van der Waals surface area contributed by atoms with Crippen LogP contribution in [0.4, 0.5) is 0 Å². The van der Waals surface area contributed by atoms with Crippen molar-refractivity contribution in [2.75, 3.05) is 0 Å². The summed E-state index contributed by atoms with van der Waals surface area (Å²) in [7, 11) is 0. The van der Waals surface area contributed by atoms with Gasteiger partial charge >= 0.3 is 0 Å². The summed E-state index contributed by atoms with van der Waals surface area (Å²) in [6.07, 6.45) is 14.0. The third-order valence-electron chi connectivity index (χ3n) is 3.88. The number of rotatable bonds is 1. The first-order chi connectivity index (χ1) is 6.79.